The van der Waals surface area contributed by atoms with Gasteiger partial charge in [0.1, 0.15) is 19.3 Å². The van der Waals surface area contributed by atoms with E-state index in [1.165, 1.54) is 6.92 Å². The first-order valence-electron chi connectivity index (χ1n) is 19.8. The molecule has 13 heteroatoms. The Bertz CT molecular complexity index is 2240. The van der Waals surface area contributed by atoms with Crippen LogP contribution >= 0.6 is 7.82 Å². The van der Waals surface area contributed by atoms with E-state index in [-0.39, 0.29) is 51.0 Å². The van der Waals surface area contributed by atoms with Crippen LogP contribution in [0, 0.1) is 0 Å². The molecule has 0 aliphatic rings. The highest BCUT2D eigenvalue weighted by molar-refractivity contribution is 7.48. The molecule has 6 aromatic carbocycles. The predicted molar refractivity (Wildman–Crippen MR) is 230 cm³/mol. The SMILES string of the molecule is C[C@H](NC(O)OCc1ccccc1)C(=O)N[C@@H](Cc1ccc(OP(=O)(OCc2ccccc2)OCc2ccccc2)c(OCc2ccccc2)c1)C(=O)OCc1ccccc1. The zero-order valence-corrected chi connectivity index (χ0v) is 34.6. The Morgan fingerprint density at radius 3 is 1.54 bits per heavy atom. The summed E-state index contributed by atoms with van der Waals surface area (Å²) in [6, 6.07) is 49.1. The number of phosphoric acid groups is 1. The summed E-state index contributed by atoms with van der Waals surface area (Å²) in [5.41, 5.74) is 4.53. The van der Waals surface area contributed by atoms with Gasteiger partial charge in [0.15, 0.2) is 11.5 Å². The molecule has 1 amide bonds. The van der Waals surface area contributed by atoms with Gasteiger partial charge >= 0.3 is 13.8 Å². The minimum atomic E-state index is -4.30. The predicted octanol–water partition coefficient (Wildman–Crippen LogP) is 8.43. The number of amides is 1. The number of benzene rings is 6. The Hall–Kier alpha value is -6.11. The molecular formula is C48H49N2O10P. The molecule has 0 fully saturated rings. The third-order valence-corrected chi connectivity index (χ3v) is 10.5. The van der Waals surface area contributed by atoms with E-state index in [9.17, 15) is 19.3 Å². The number of aliphatic hydroxyl groups is 1. The molecule has 0 bridgehead atoms. The van der Waals surface area contributed by atoms with Gasteiger partial charge in [-0.05, 0) is 52.4 Å². The van der Waals surface area contributed by atoms with Crippen molar-refractivity contribution < 1.29 is 47.0 Å². The van der Waals surface area contributed by atoms with Crippen LogP contribution in [-0.2, 0) is 72.1 Å². The van der Waals surface area contributed by atoms with E-state index in [0.717, 1.165) is 27.8 Å². The van der Waals surface area contributed by atoms with Crippen LogP contribution in [0.4, 0.5) is 0 Å². The van der Waals surface area contributed by atoms with Crippen LogP contribution in [0.2, 0.25) is 0 Å². The molecule has 12 nitrogen and oxygen atoms in total. The molecule has 3 atom stereocenters. The Morgan fingerprint density at radius 1 is 0.574 bits per heavy atom. The van der Waals surface area contributed by atoms with E-state index in [4.69, 9.17) is 27.8 Å². The molecule has 316 valence electrons. The monoisotopic (exact) mass is 844 g/mol. The Morgan fingerprint density at radius 2 is 1.03 bits per heavy atom. The molecule has 0 spiro atoms. The fourth-order valence-electron chi connectivity index (χ4n) is 5.91. The van der Waals surface area contributed by atoms with Crippen LogP contribution < -0.4 is 19.9 Å². The molecule has 0 heterocycles. The second-order valence-corrected chi connectivity index (χ2v) is 15.6. The number of rotatable bonds is 23. The lowest BCUT2D eigenvalue weighted by molar-refractivity contribution is -0.151. The van der Waals surface area contributed by atoms with E-state index >= 15 is 0 Å². The summed E-state index contributed by atoms with van der Waals surface area (Å²) in [4.78, 5) is 27.3. The first kappa shape index (κ1) is 44.4. The first-order chi connectivity index (χ1) is 29.7. The molecule has 0 saturated carbocycles. The van der Waals surface area contributed by atoms with Crippen molar-refractivity contribution in [1.29, 1.82) is 0 Å². The smallest absolute Gasteiger partial charge is 0.485 e. The van der Waals surface area contributed by atoms with Crippen LogP contribution in [0.3, 0.4) is 0 Å². The van der Waals surface area contributed by atoms with Gasteiger partial charge in [-0.1, -0.05) is 158 Å². The maximum atomic E-state index is 14.4. The van der Waals surface area contributed by atoms with Gasteiger partial charge < -0.3 is 29.2 Å². The summed E-state index contributed by atoms with van der Waals surface area (Å²) in [6.07, 6.45) is -1.50. The highest BCUT2D eigenvalue weighted by Crippen LogP contribution is 2.53. The quantitative estimate of drug-likeness (QED) is 0.0324. The largest absolute Gasteiger partial charge is 0.530 e. The highest BCUT2D eigenvalue weighted by atomic mass is 31.2. The summed E-state index contributed by atoms with van der Waals surface area (Å²) in [5.74, 6) is -1.02. The van der Waals surface area contributed by atoms with Gasteiger partial charge in [0.2, 0.25) is 12.3 Å². The molecule has 0 aliphatic carbocycles. The van der Waals surface area contributed by atoms with Gasteiger partial charge in [-0.3, -0.25) is 19.2 Å². The van der Waals surface area contributed by atoms with E-state index in [1.54, 1.807) is 18.2 Å². The maximum absolute atomic E-state index is 14.4. The molecule has 0 aliphatic heterocycles. The number of carbonyl (C=O) groups is 2. The van der Waals surface area contributed by atoms with Gasteiger partial charge in [0.05, 0.1) is 25.9 Å². The second-order valence-electron chi connectivity index (χ2n) is 14.0. The van der Waals surface area contributed by atoms with E-state index in [2.05, 4.69) is 10.6 Å². The second kappa shape index (κ2) is 23.0. The van der Waals surface area contributed by atoms with Crippen LogP contribution in [0.15, 0.2) is 170 Å². The number of ether oxygens (including phenoxy) is 3. The van der Waals surface area contributed by atoms with Crippen molar-refractivity contribution in [3.63, 3.8) is 0 Å². The highest BCUT2D eigenvalue weighted by Gasteiger charge is 2.32. The minimum Gasteiger partial charge on any atom is -0.485 e. The Kier molecular flexibility index (Phi) is 16.8. The number of esters is 1. The molecule has 0 saturated heterocycles. The fourth-order valence-corrected chi connectivity index (χ4v) is 7.10. The zero-order chi connectivity index (χ0) is 42.7. The van der Waals surface area contributed by atoms with Crippen LogP contribution in [0.25, 0.3) is 0 Å². The molecule has 6 rings (SSSR count). The third-order valence-electron chi connectivity index (χ3n) is 9.22. The molecule has 0 aromatic heterocycles. The number of nitrogens with one attached hydrogen (secondary N) is 2. The van der Waals surface area contributed by atoms with Crippen LogP contribution in [-0.4, -0.2) is 35.5 Å². The van der Waals surface area contributed by atoms with E-state index in [0.29, 0.717) is 5.56 Å². The summed E-state index contributed by atoms with van der Waals surface area (Å²) < 4.78 is 49.8. The summed E-state index contributed by atoms with van der Waals surface area (Å²) >= 11 is 0. The van der Waals surface area contributed by atoms with Crippen molar-refractivity contribution in [2.24, 2.45) is 0 Å². The van der Waals surface area contributed by atoms with E-state index < -0.39 is 38.2 Å². The molecule has 3 N–H and O–H groups in total. The average Bonchev–Trinajstić information content (AvgIpc) is 3.30. The Balaban J connectivity index is 1.23. The van der Waals surface area contributed by atoms with Crippen LogP contribution in [0.5, 0.6) is 11.5 Å². The van der Waals surface area contributed by atoms with Crippen molar-refractivity contribution in [3.05, 3.63) is 203 Å². The summed E-state index contributed by atoms with van der Waals surface area (Å²) in [5, 5.41) is 16.0. The maximum Gasteiger partial charge on any atom is 0.530 e. The third kappa shape index (κ3) is 14.8. The van der Waals surface area contributed by atoms with E-state index in [1.807, 2.05) is 152 Å². The van der Waals surface area contributed by atoms with Crippen molar-refractivity contribution in [2.75, 3.05) is 0 Å². The average molecular weight is 845 g/mol. The molecule has 0 radical (unpaired) electrons. The van der Waals surface area contributed by atoms with Gasteiger partial charge in [0.25, 0.3) is 0 Å². The first-order valence-corrected chi connectivity index (χ1v) is 21.2. The number of aliphatic hydroxyl groups excluding tert-OH is 1. The molecule has 6 aromatic rings. The lowest BCUT2D eigenvalue weighted by atomic mass is 10.0. The van der Waals surface area contributed by atoms with Crippen molar-refractivity contribution in [3.8, 4) is 11.5 Å². The van der Waals surface area contributed by atoms with Crippen molar-refractivity contribution >= 4 is 19.7 Å². The van der Waals surface area contributed by atoms with Gasteiger partial charge in [0, 0.05) is 6.42 Å². The normalized spacial score (nSPS) is 12.8. The lowest BCUT2D eigenvalue weighted by Crippen LogP contribution is -2.52. The summed E-state index contributed by atoms with van der Waals surface area (Å²) in [6.45, 7) is 1.64. The number of hydrogen-bond acceptors (Lipinski definition) is 11. The van der Waals surface area contributed by atoms with Crippen molar-refractivity contribution in [1.82, 2.24) is 10.6 Å². The topological polar surface area (TPSA) is 151 Å². The van der Waals surface area contributed by atoms with Gasteiger partial charge in [-0.15, -0.1) is 0 Å². The standard InChI is InChI=1S/C48H49N2O10P/c1-36(49-48(53)57-33-39-21-11-4-12-22-39)46(51)50-43(47(52)56-32-38-19-9-3-10-20-38)29-42-27-28-44(45(30-42)55-31-37-17-7-2-8-18-37)60-61(54,58-34-40-23-13-5-14-24-40)59-35-41-25-15-6-16-26-41/h2-28,30,36,43,48-49,53H,29,31-35H2,1H3,(H,50,51)/t36-,43-,48?/m0/s1. The fraction of sp³-hybridized carbons (Fsp3) is 0.208. The molecular weight excluding hydrogens is 796 g/mol. The van der Waals surface area contributed by atoms with Gasteiger partial charge in [-0.25, -0.2) is 9.36 Å². The van der Waals surface area contributed by atoms with Crippen molar-refractivity contribution in [2.45, 2.75) is 64.9 Å². The van der Waals surface area contributed by atoms with Gasteiger partial charge in [-0.2, -0.15) is 0 Å². The summed E-state index contributed by atoms with van der Waals surface area (Å²) in [7, 11) is -4.30. The number of hydrogen-bond donors (Lipinski definition) is 3. The number of phosphoric ester groups is 1. The zero-order valence-electron chi connectivity index (χ0n) is 33.7. The Labute approximate surface area is 356 Å². The minimum absolute atomic E-state index is 0.0225. The molecule has 61 heavy (non-hydrogen) atoms. The lowest BCUT2D eigenvalue weighted by Gasteiger charge is -2.23. The number of carbonyl (C=O) groups excluding carboxylic acids is 2. The van der Waals surface area contributed by atoms with Crippen LogP contribution in [0.1, 0.15) is 40.3 Å². The molecule has 1 unspecified atom stereocenters.